The maximum atomic E-state index is 13.2. The number of hydrogen-bond acceptors (Lipinski definition) is 2. The molecule has 0 bridgehead atoms. The van der Waals surface area contributed by atoms with E-state index in [9.17, 15) is 13.0 Å². The molecule has 1 aliphatic rings. The van der Waals surface area contributed by atoms with Gasteiger partial charge in [-0.2, -0.15) is 0 Å². The summed E-state index contributed by atoms with van der Waals surface area (Å²) in [4.78, 5) is 0.425. The predicted molar refractivity (Wildman–Crippen MR) is 63.3 cm³/mol. The molecule has 0 fully saturated rings. The van der Waals surface area contributed by atoms with E-state index in [2.05, 4.69) is 5.32 Å². The maximum Gasteiger partial charge on any atom is 0.160 e. The minimum Gasteiger partial charge on any atom is -0.310 e. The van der Waals surface area contributed by atoms with E-state index >= 15 is 0 Å². The molecule has 1 aromatic carbocycles. The van der Waals surface area contributed by atoms with Gasteiger partial charge in [0.2, 0.25) is 0 Å². The highest BCUT2D eigenvalue weighted by Crippen LogP contribution is 2.34. The van der Waals surface area contributed by atoms with Crippen molar-refractivity contribution in [2.45, 2.75) is 36.5 Å². The summed E-state index contributed by atoms with van der Waals surface area (Å²) in [5.41, 5.74) is 0.627. The van der Waals surface area contributed by atoms with Crippen LogP contribution in [0.3, 0.4) is 0 Å². The zero-order valence-corrected chi connectivity index (χ0v) is 10.6. The van der Waals surface area contributed by atoms with Crippen molar-refractivity contribution >= 4 is 10.8 Å². The second kappa shape index (κ2) is 4.82. The molecule has 2 rings (SSSR count). The van der Waals surface area contributed by atoms with Crippen molar-refractivity contribution in [2.75, 3.05) is 6.54 Å². The van der Waals surface area contributed by atoms with Crippen LogP contribution in [0, 0.1) is 11.6 Å². The first kappa shape index (κ1) is 12.6. The number of rotatable bonds is 2. The molecule has 94 valence electrons. The van der Waals surface area contributed by atoms with Crippen LogP contribution in [0.5, 0.6) is 0 Å². The zero-order valence-electron chi connectivity index (χ0n) is 9.80. The molecule has 0 amide bonds. The highest BCUT2D eigenvalue weighted by atomic mass is 32.2. The fourth-order valence-corrected chi connectivity index (χ4v) is 3.65. The minimum atomic E-state index is -1.25. The second-order valence-corrected chi connectivity index (χ2v) is 6.10. The minimum absolute atomic E-state index is 0.0437. The Hall–Kier alpha value is -0.810. The number of hydrogen-bond donors (Lipinski definition) is 1. The van der Waals surface area contributed by atoms with E-state index in [4.69, 9.17) is 0 Å². The topological polar surface area (TPSA) is 29.1 Å². The molecule has 1 aromatic rings. The summed E-state index contributed by atoms with van der Waals surface area (Å²) < 4.78 is 38.5. The monoisotopic (exact) mass is 259 g/mol. The maximum absolute atomic E-state index is 13.2. The largest absolute Gasteiger partial charge is 0.310 e. The molecular weight excluding hydrogens is 244 g/mol. The average Bonchev–Trinajstić information content (AvgIpc) is 2.29. The Morgan fingerprint density at radius 1 is 1.41 bits per heavy atom. The van der Waals surface area contributed by atoms with Crippen LogP contribution in [0.1, 0.15) is 31.9 Å². The summed E-state index contributed by atoms with van der Waals surface area (Å²) in [5.74, 6) is -1.81. The quantitative estimate of drug-likeness (QED) is 0.884. The van der Waals surface area contributed by atoms with Gasteiger partial charge in [-0.25, -0.2) is 8.78 Å². The van der Waals surface area contributed by atoms with Gasteiger partial charge in [-0.15, -0.1) is 0 Å². The van der Waals surface area contributed by atoms with Crippen molar-refractivity contribution in [1.82, 2.24) is 5.32 Å². The molecule has 0 saturated carbocycles. The highest BCUT2D eigenvalue weighted by molar-refractivity contribution is 7.85. The fourth-order valence-electron chi connectivity index (χ4n) is 2.19. The molecule has 1 N–H and O–H groups in total. The molecule has 0 saturated heterocycles. The van der Waals surface area contributed by atoms with Crippen molar-refractivity contribution in [2.24, 2.45) is 0 Å². The smallest absolute Gasteiger partial charge is 0.160 e. The fraction of sp³-hybridized carbons (Fsp3) is 0.500. The standard InChI is InChI=1S/C12H15F2NOS/c1-3-15-11-4-7(2)17(16)12-6-10(14)9(13)5-8(11)12/h5-7,11,15H,3-4H2,1-2H3. The van der Waals surface area contributed by atoms with E-state index in [-0.39, 0.29) is 11.3 Å². The molecule has 0 aliphatic carbocycles. The third-order valence-corrected chi connectivity index (χ3v) is 4.74. The molecule has 0 spiro atoms. The van der Waals surface area contributed by atoms with Crippen molar-refractivity contribution in [1.29, 1.82) is 0 Å². The zero-order chi connectivity index (χ0) is 12.6. The first-order valence-electron chi connectivity index (χ1n) is 5.67. The van der Waals surface area contributed by atoms with Gasteiger partial charge in [-0.3, -0.25) is 4.21 Å². The molecule has 2 nitrogen and oxygen atoms in total. The van der Waals surface area contributed by atoms with E-state index < -0.39 is 22.4 Å². The van der Waals surface area contributed by atoms with Crippen molar-refractivity contribution in [3.05, 3.63) is 29.3 Å². The summed E-state index contributed by atoms with van der Waals surface area (Å²) >= 11 is 0. The van der Waals surface area contributed by atoms with Crippen LogP contribution in [0.2, 0.25) is 0 Å². The van der Waals surface area contributed by atoms with Crippen LogP contribution in [0.25, 0.3) is 0 Å². The molecule has 0 aromatic heterocycles. The molecule has 3 atom stereocenters. The van der Waals surface area contributed by atoms with E-state index in [0.717, 1.165) is 12.6 Å². The van der Waals surface area contributed by atoms with Gasteiger partial charge in [0, 0.05) is 16.2 Å². The molecule has 1 aliphatic heterocycles. The summed E-state index contributed by atoms with van der Waals surface area (Å²) in [6, 6.07) is 2.19. The van der Waals surface area contributed by atoms with E-state index in [1.165, 1.54) is 6.07 Å². The lowest BCUT2D eigenvalue weighted by molar-refractivity contribution is 0.468. The van der Waals surface area contributed by atoms with Gasteiger partial charge in [0.15, 0.2) is 11.6 Å². The summed E-state index contributed by atoms with van der Waals surface area (Å²) in [6.45, 7) is 4.56. The molecule has 3 unspecified atom stereocenters. The van der Waals surface area contributed by atoms with Crippen LogP contribution in [-0.2, 0) is 10.8 Å². The molecule has 5 heteroatoms. The number of halogens is 2. The van der Waals surface area contributed by atoms with Gasteiger partial charge in [0.05, 0.1) is 10.8 Å². The Balaban J connectivity index is 2.52. The Labute approximate surface area is 102 Å². The van der Waals surface area contributed by atoms with Crippen molar-refractivity contribution in [3.8, 4) is 0 Å². The number of benzene rings is 1. The van der Waals surface area contributed by atoms with E-state index in [1.54, 1.807) is 0 Å². The Bertz CT molecular complexity index is 464. The molecular formula is C12H15F2NOS. The van der Waals surface area contributed by atoms with Gasteiger partial charge in [-0.1, -0.05) is 13.8 Å². The van der Waals surface area contributed by atoms with Gasteiger partial charge >= 0.3 is 0 Å². The molecule has 1 heterocycles. The van der Waals surface area contributed by atoms with Crippen LogP contribution in [-0.4, -0.2) is 16.0 Å². The summed E-state index contributed by atoms with van der Waals surface area (Å²) in [6.07, 6.45) is 0.679. The van der Waals surface area contributed by atoms with Crippen molar-refractivity contribution in [3.63, 3.8) is 0 Å². The van der Waals surface area contributed by atoms with Gasteiger partial charge in [0.25, 0.3) is 0 Å². The SMILES string of the molecule is CCNC1CC(C)S(=O)c2cc(F)c(F)cc21. The van der Waals surface area contributed by atoms with Gasteiger partial charge < -0.3 is 5.32 Å². The second-order valence-electron chi connectivity index (χ2n) is 4.26. The third kappa shape index (κ3) is 2.26. The number of fused-ring (bicyclic) bond motifs is 1. The van der Waals surface area contributed by atoms with Crippen LogP contribution in [0.4, 0.5) is 8.78 Å². The lowest BCUT2D eigenvalue weighted by Gasteiger charge is -2.29. The summed E-state index contributed by atoms with van der Waals surface area (Å²) in [5, 5.41) is 3.17. The first-order chi connectivity index (χ1) is 8.04. The normalized spacial score (nSPS) is 27.9. The predicted octanol–water partition coefficient (Wildman–Crippen LogP) is 2.52. The highest BCUT2D eigenvalue weighted by Gasteiger charge is 2.31. The Kier molecular flexibility index (Phi) is 3.58. The lowest BCUT2D eigenvalue weighted by Crippen LogP contribution is -2.32. The van der Waals surface area contributed by atoms with Crippen LogP contribution < -0.4 is 5.32 Å². The van der Waals surface area contributed by atoms with E-state index in [1.807, 2.05) is 13.8 Å². The average molecular weight is 259 g/mol. The van der Waals surface area contributed by atoms with Crippen molar-refractivity contribution < 1.29 is 13.0 Å². The van der Waals surface area contributed by atoms with Gasteiger partial charge in [-0.05, 0) is 30.7 Å². The van der Waals surface area contributed by atoms with Crippen LogP contribution >= 0.6 is 0 Å². The third-order valence-electron chi connectivity index (χ3n) is 3.03. The first-order valence-corrected chi connectivity index (χ1v) is 6.88. The van der Waals surface area contributed by atoms with Crippen LogP contribution in [0.15, 0.2) is 17.0 Å². The number of nitrogens with one attached hydrogen (secondary N) is 1. The lowest BCUT2D eigenvalue weighted by atomic mass is 10.0. The Morgan fingerprint density at radius 2 is 2.06 bits per heavy atom. The summed E-state index contributed by atoms with van der Waals surface area (Å²) in [7, 11) is -1.25. The Morgan fingerprint density at radius 3 is 2.71 bits per heavy atom. The van der Waals surface area contributed by atoms with E-state index in [0.29, 0.717) is 16.9 Å². The molecule has 0 radical (unpaired) electrons. The van der Waals surface area contributed by atoms with Gasteiger partial charge in [0.1, 0.15) is 0 Å². The molecule has 17 heavy (non-hydrogen) atoms.